The molecule has 0 aromatic carbocycles. The summed E-state index contributed by atoms with van der Waals surface area (Å²) >= 11 is 0. The minimum atomic E-state index is -0.531. The Morgan fingerprint density at radius 1 is 1.53 bits per heavy atom. The van der Waals surface area contributed by atoms with Crippen molar-refractivity contribution in [3.05, 3.63) is 0 Å². The lowest BCUT2D eigenvalue weighted by Gasteiger charge is -2.25. The Bertz CT molecular complexity index is 288. The average molecular weight is 245 g/mol. The van der Waals surface area contributed by atoms with Gasteiger partial charge in [0, 0.05) is 7.11 Å². The molecule has 0 aliphatic carbocycles. The van der Waals surface area contributed by atoms with Crippen LogP contribution < -0.4 is 11.1 Å². The molecule has 0 rings (SSSR count). The number of amides is 1. The van der Waals surface area contributed by atoms with E-state index in [1.807, 2.05) is 27.7 Å². The molecule has 0 radical (unpaired) electrons. The minimum absolute atomic E-state index is 0.00331. The van der Waals surface area contributed by atoms with Crippen molar-refractivity contribution in [1.29, 1.82) is 0 Å². The number of hydrogen-bond acceptors (Lipinski definition) is 4. The molecule has 0 spiro atoms. The molecule has 0 fully saturated rings. The first kappa shape index (κ1) is 15.7. The van der Waals surface area contributed by atoms with E-state index in [0.717, 1.165) is 0 Å². The summed E-state index contributed by atoms with van der Waals surface area (Å²) in [5.74, 6) is -0.147. The maximum Gasteiger partial charge on any atom is 0.223 e. The molecule has 100 valence electrons. The second-order valence-corrected chi connectivity index (χ2v) is 4.95. The number of carbonyl (C=O) groups is 1. The molecule has 4 N–H and O–H groups in total. The SMILES string of the molecule is COC(C)(C)CC(=O)NC(C(N)=NO)C(C)C. The van der Waals surface area contributed by atoms with Crippen LogP contribution in [0.3, 0.4) is 0 Å². The number of rotatable bonds is 6. The Labute approximate surface area is 102 Å². The highest BCUT2D eigenvalue weighted by Gasteiger charge is 2.25. The Morgan fingerprint density at radius 3 is 2.41 bits per heavy atom. The Balaban J connectivity index is 4.53. The number of hydrogen-bond donors (Lipinski definition) is 3. The van der Waals surface area contributed by atoms with Crippen molar-refractivity contribution in [2.75, 3.05) is 7.11 Å². The highest BCUT2D eigenvalue weighted by molar-refractivity contribution is 5.90. The van der Waals surface area contributed by atoms with Crippen molar-refractivity contribution >= 4 is 11.7 Å². The average Bonchev–Trinajstić information content (AvgIpc) is 2.24. The van der Waals surface area contributed by atoms with Gasteiger partial charge >= 0.3 is 0 Å². The molecule has 1 amide bonds. The first-order chi connectivity index (χ1) is 7.73. The normalized spacial score (nSPS) is 14.8. The molecule has 6 heteroatoms. The number of ether oxygens (including phenoxy) is 1. The fourth-order valence-corrected chi connectivity index (χ4v) is 1.33. The number of amidine groups is 1. The van der Waals surface area contributed by atoms with E-state index in [-0.39, 0.29) is 24.1 Å². The van der Waals surface area contributed by atoms with Gasteiger partial charge in [-0.2, -0.15) is 0 Å². The van der Waals surface area contributed by atoms with Crippen LogP contribution in [0.5, 0.6) is 0 Å². The summed E-state index contributed by atoms with van der Waals surface area (Å²) < 4.78 is 5.17. The fourth-order valence-electron chi connectivity index (χ4n) is 1.33. The Hall–Kier alpha value is -1.30. The van der Waals surface area contributed by atoms with Crippen LogP contribution in [0.15, 0.2) is 5.16 Å². The second kappa shape index (κ2) is 6.44. The number of methoxy groups -OCH3 is 1. The summed E-state index contributed by atoms with van der Waals surface area (Å²) in [7, 11) is 1.55. The standard InChI is InChI=1S/C11H23N3O3/c1-7(2)9(10(12)14-16)13-8(15)6-11(3,4)17-5/h7,9,16H,6H2,1-5H3,(H2,12,14)(H,13,15). The van der Waals surface area contributed by atoms with Crippen LogP contribution in [-0.2, 0) is 9.53 Å². The zero-order valence-corrected chi connectivity index (χ0v) is 11.2. The molecule has 0 aromatic rings. The minimum Gasteiger partial charge on any atom is -0.409 e. The Kier molecular flexibility index (Phi) is 5.95. The Morgan fingerprint density at radius 2 is 2.06 bits per heavy atom. The van der Waals surface area contributed by atoms with Crippen molar-refractivity contribution in [3.8, 4) is 0 Å². The van der Waals surface area contributed by atoms with Crippen molar-refractivity contribution < 1.29 is 14.7 Å². The van der Waals surface area contributed by atoms with Gasteiger partial charge in [0.2, 0.25) is 5.91 Å². The van der Waals surface area contributed by atoms with Crippen molar-refractivity contribution in [1.82, 2.24) is 5.32 Å². The van der Waals surface area contributed by atoms with Gasteiger partial charge in [-0.3, -0.25) is 4.79 Å². The van der Waals surface area contributed by atoms with Crippen LogP contribution in [0.4, 0.5) is 0 Å². The molecule has 6 nitrogen and oxygen atoms in total. The summed E-state index contributed by atoms with van der Waals surface area (Å²) in [6, 6.07) is -0.472. The van der Waals surface area contributed by atoms with E-state index in [0.29, 0.717) is 0 Å². The molecule has 0 aliphatic rings. The molecular formula is C11H23N3O3. The number of nitrogens with two attached hydrogens (primary N) is 1. The smallest absolute Gasteiger partial charge is 0.223 e. The van der Waals surface area contributed by atoms with Crippen LogP contribution in [0.1, 0.15) is 34.1 Å². The quantitative estimate of drug-likeness (QED) is 0.277. The van der Waals surface area contributed by atoms with E-state index in [1.165, 1.54) is 0 Å². The molecule has 0 bridgehead atoms. The maximum atomic E-state index is 11.8. The molecule has 0 saturated heterocycles. The van der Waals surface area contributed by atoms with Gasteiger partial charge in [0.05, 0.1) is 18.1 Å². The van der Waals surface area contributed by atoms with Gasteiger partial charge in [0.15, 0.2) is 5.84 Å². The molecule has 1 unspecified atom stereocenters. The molecule has 1 atom stereocenters. The first-order valence-electron chi connectivity index (χ1n) is 5.55. The van der Waals surface area contributed by atoms with E-state index >= 15 is 0 Å². The van der Waals surface area contributed by atoms with Gasteiger partial charge in [-0.1, -0.05) is 19.0 Å². The van der Waals surface area contributed by atoms with Gasteiger partial charge in [0.1, 0.15) is 0 Å². The summed E-state index contributed by atoms with van der Waals surface area (Å²) in [5.41, 5.74) is 4.99. The largest absolute Gasteiger partial charge is 0.409 e. The van der Waals surface area contributed by atoms with Crippen molar-refractivity contribution in [3.63, 3.8) is 0 Å². The van der Waals surface area contributed by atoms with Crippen LogP contribution >= 0.6 is 0 Å². The molecule has 0 heterocycles. The third-order valence-corrected chi connectivity index (χ3v) is 2.56. The lowest BCUT2D eigenvalue weighted by molar-refractivity contribution is -0.126. The summed E-state index contributed by atoms with van der Waals surface area (Å²) in [4.78, 5) is 11.8. The lowest BCUT2D eigenvalue weighted by atomic mass is 10.0. The molecule has 0 aliphatic heterocycles. The highest BCUT2D eigenvalue weighted by atomic mass is 16.5. The van der Waals surface area contributed by atoms with E-state index in [2.05, 4.69) is 10.5 Å². The van der Waals surface area contributed by atoms with Gasteiger partial charge in [-0.25, -0.2) is 0 Å². The summed E-state index contributed by atoms with van der Waals surface area (Å²) in [6.07, 6.45) is 0.214. The molecular weight excluding hydrogens is 222 g/mol. The summed E-state index contributed by atoms with van der Waals surface area (Å²) in [5, 5.41) is 14.3. The third-order valence-electron chi connectivity index (χ3n) is 2.56. The van der Waals surface area contributed by atoms with E-state index in [9.17, 15) is 4.79 Å². The number of oxime groups is 1. The van der Waals surface area contributed by atoms with Gasteiger partial charge in [0.25, 0.3) is 0 Å². The monoisotopic (exact) mass is 245 g/mol. The second-order valence-electron chi connectivity index (χ2n) is 4.95. The predicted molar refractivity (Wildman–Crippen MR) is 65.9 cm³/mol. The number of nitrogens with one attached hydrogen (secondary N) is 1. The van der Waals surface area contributed by atoms with Gasteiger partial charge < -0.3 is 21.0 Å². The molecule has 0 aromatic heterocycles. The maximum absolute atomic E-state index is 11.8. The van der Waals surface area contributed by atoms with Gasteiger partial charge in [-0.15, -0.1) is 0 Å². The van der Waals surface area contributed by atoms with Crippen LogP contribution in [0.2, 0.25) is 0 Å². The highest BCUT2D eigenvalue weighted by Crippen LogP contribution is 2.13. The zero-order chi connectivity index (χ0) is 13.6. The molecule has 0 saturated carbocycles. The van der Waals surface area contributed by atoms with E-state index in [4.69, 9.17) is 15.7 Å². The van der Waals surface area contributed by atoms with Crippen LogP contribution in [-0.4, -0.2) is 35.7 Å². The van der Waals surface area contributed by atoms with Crippen LogP contribution in [0.25, 0.3) is 0 Å². The third kappa shape index (κ3) is 5.53. The van der Waals surface area contributed by atoms with Crippen molar-refractivity contribution in [2.24, 2.45) is 16.8 Å². The number of carbonyl (C=O) groups excluding carboxylic acids is 1. The van der Waals surface area contributed by atoms with E-state index < -0.39 is 11.6 Å². The first-order valence-corrected chi connectivity index (χ1v) is 5.55. The van der Waals surface area contributed by atoms with E-state index in [1.54, 1.807) is 7.11 Å². The topological polar surface area (TPSA) is 96.9 Å². The lowest BCUT2D eigenvalue weighted by Crippen LogP contribution is -2.49. The van der Waals surface area contributed by atoms with Gasteiger partial charge in [-0.05, 0) is 19.8 Å². The number of nitrogens with zero attached hydrogens (tertiary/aromatic N) is 1. The van der Waals surface area contributed by atoms with Crippen LogP contribution in [0, 0.1) is 5.92 Å². The summed E-state index contributed by atoms with van der Waals surface area (Å²) in [6.45, 7) is 7.40. The van der Waals surface area contributed by atoms with Crippen molar-refractivity contribution in [2.45, 2.75) is 45.8 Å². The fraction of sp³-hybridized carbons (Fsp3) is 0.818. The predicted octanol–water partition coefficient (Wildman–Crippen LogP) is 0.689. The molecule has 17 heavy (non-hydrogen) atoms. The zero-order valence-electron chi connectivity index (χ0n) is 11.2.